The number of H-pyrrole nitrogens is 1. The summed E-state index contributed by atoms with van der Waals surface area (Å²) in [7, 11) is 0. The number of rotatable bonds is 7. The number of aromatic amines is 1. The third kappa shape index (κ3) is 6.91. The van der Waals surface area contributed by atoms with Crippen LogP contribution in [-0.2, 0) is 16.1 Å². The fraction of sp³-hybridized carbons (Fsp3) is 0.442. The Labute approximate surface area is 326 Å². The number of aromatic nitrogens is 1. The second-order valence-electron chi connectivity index (χ2n) is 15.9. The van der Waals surface area contributed by atoms with Gasteiger partial charge in [-0.1, -0.05) is 23.7 Å². The molecular formula is C43H47ClN8O3. The summed E-state index contributed by atoms with van der Waals surface area (Å²) in [5.41, 5.74) is 8.20. The molecule has 0 spiro atoms. The summed E-state index contributed by atoms with van der Waals surface area (Å²) >= 11 is 6.47. The van der Waals surface area contributed by atoms with Crippen molar-refractivity contribution in [3.8, 4) is 6.07 Å². The van der Waals surface area contributed by atoms with Gasteiger partial charge in [-0.05, 0) is 97.5 Å². The van der Waals surface area contributed by atoms with Gasteiger partial charge in [-0.2, -0.15) is 5.26 Å². The molecule has 9 rings (SSSR count). The van der Waals surface area contributed by atoms with E-state index in [2.05, 4.69) is 72.4 Å². The molecule has 11 nitrogen and oxygen atoms in total. The summed E-state index contributed by atoms with van der Waals surface area (Å²) in [6.45, 7) is 9.59. The van der Waals surface area contributed by atoms with Gasteiger partial charge in [0.2, 0.25) is 11.8 Å². The molecule has 1 aromatic heterocycles. The molecule has 5 aliphatic heterocycles. The van der Waals surface area contributed by atoms with Gasteiger partial charge in [-0.15, -0.1) is 0 Å². The maximum absolute atomic E-state index is 13.1. The number of nitrogens with one attached hydrogen (secondary N) is 2. The average Bonchev–Trinajstić information content (AvgIpc) is 3.80. The summed E-state index contributed by atoms with van der Waals surface area (Å²) in [6, 6.07) is 21.0. The van der Waals surface area contributed by atoms with Crippen LogP contribution < -0.4 is 20.0 Å². The van der Waals surface area contributed by atoms with Crippen molar-refractivity contribution in [1.82, 2.24) is 20.1 Å². The normalized spacial score (nSPS) is 21.7. The van der Waals surface area contributed by atoms with E-state index in [0.29, 0.717) is 41.0 Å². The lowest BCUT2D eigenvalue weighted by Gasteiger charge is -2.40. The number of imide groups is 1. The zero-order valence-corrected chi connectivity index (χ0v) is 31.9. The summed E-state index contributed by atoms with van der Waals surface area (Å²) in [5.74, 6) is 0.463. The number of nitriles is 1. The Morgan fingerprint density at radius 1 is 0.800 bits per heavy atom. The van der Waals surface area contributed by atoms with Crippen molar-refractivity contribution in [3.63, 3.8) is 0 Å². The fourth-order valence-electron chi connectivity index (χ4n) is 9.66. The van der Waals surface area contributed by atoms with Crippen molar-refractivity contribution in [3.05, 3.63) is 88.1 Å². The Morgan fingerprint density at radius 2 is 1.55 bits per heavy atom. The van der Waals surface area contributed by atoms with Crippen molar-refractivity contribution >= 4 is 57.3 Å². The van der Waals surface area contributed by atoms with E-state index in [1.807, 2.05) is 18.2 Å². The fourth-order valence-corrected chi connectivity index (χ4v) is 9.92. The first-order valence-electron chi connectivity index (χ1n) is 19.9. The molecule has 4 saturated heterocycles. The zero-order valence-electron chi connectivity index (χ0n) is 31.1. The molecule has 12 heteroatoms. The van der Waals surface area contributed by atoms with Crippen molar-refractivity contribution in [1.29, 1.82) is 5.26 Å². The van der Waals surface area contributed by atoms with E-state index in [1.165, 1.54) is 24.1 Å². The van der Waals surface area contributed by atoms with Crippen molar-refractivity contribution in [2.75, 3.05) is 73.6 Å². The minimum Gasteiger partial charge on any atom is -0.372 e. The van der Waals surface area contributed by atoms with E-state index in [4.69, 9.17) is 11.6 Å². The number of benzene rings is 3. The van der Waals surface area contributed by atoms with E-state index in [1.54, 1.807) is 11.1 Å². The molecule has 3 aromatic carbocycles. The van der Waals surface area contributed by atoms with Crippen LogP contribution in [-0.4, -0.2) is 97.4 Å². The molecule has 3 amide bonds. The van der Waals surface area contributed by atoms with Gasteiger partial charge in [0.15, 0.2) is 0 Å². The van der Waals surface area contributed by atoms with E-state index >= 15 is 0 Å². The first kappa shape index (κ1) is 35.6. The Bertz CT molecular complexity index is 2170. The van der Waals surface area contributed by atoms with Gasteiger partial charge in [-0.25, -0.2) is 0 Å². The Hall–Kier alpha value is -5.05. The predicted molar refractivity (Wildman–Crippen MR) is 215 cm³/mol. The monoisotopic (exact) mass is 758 g/mol. The minimum absolute atomic E-state index is 0.123. The quantitative estimate of drug-likeness (QED) is 0.225. The molecule has 0 aliphatic carbocycles. The highest BCUT2D eigenvalue weighted by Crippen LogP contribution is 2.38. The molecule has 0 saturated carbocycles. The van der Waals surface area contributed by atoms with Gasteiger partial charge in [0, 0.05) is 100 Å². The number of nitrogens with zero attached hydrogens (tertiary/aromatic N) is 6. The number of anilines is 3. The number of carbonyl (C=O) groups excluding carboxylic acids is 3. The van der Waals surface area contributed by atoms with E-state index in [-0.39, 0.29) is 24.1 Å². The summed E-state index contributed by atoms with van der Waals surface area (Å²) < 4.78 is 0. The smallest absolute Gasteiger partial charge is 0.255 e. The number of hydrogen-bond donors (Lipinski definition) is 2. The van der Waals surface area contributed by atoms with Gasteiger partial charge in [-0.3, -0.25) is 24.6 Å². The van der Waals surface area contributed by atoms with Crippen LogP contribution in [0.4, 0.5) is 17.1 Å². The van der Waals surface area contributed by atoms with E-state index in [0.717, 1.165) is 99.6 Å². The first-order valence-corrected chi connectivity index (χ1v) is 20.2. The molecule has 6 heterocycles. The highest BCUT2D eigenvalue weighted by atomic mass is 35.5. The summed E-state index contributed by atoms with van der Waals surface area (Å²) in [4.78, 5) is 52.2. The van der Waals surface area contributed by atoms with Crippen LogP contribution in [0.25, 0.3) is 10.9 Å². The first-order chi connectivity index (χ1) is 26.8. The molecule has 0 bridgehead atoms. The predicted octanol–water partition coefficient (Wildman–Crippen LogP) is 5.88. The molecular weight excluding hydrogens is 712 g/mol. The molecule has 4 fully saturated rings. The maximum atomic E-state index is 13.1. The van der Waals surface area contributed by atoms with Crippen LogP contribution in [0, 0.1) is 17.2 Å². The van der Waals surface area contributed by atoms with E-state index < -0.39 is 6.04 Å². The SMILES string of the molecule is N#Cc1c[nH]c2c(N3CCC(c4cccc(N5CCC(CN6CCN(c7ccc8c(c7)CN(C7CCC(=O)NC7=O)C8=O)CC6)CC5)c4)CC3)ccc(Cl)c12. The minimum atomic E-state index is -0.587. The Morgan fingerprint density at radius 3 is 2.31 bits per heavy atom. The second kappa shape index (κ2) is 14.9. The highest BCUT2D eigenvalue weighted by molar-refractivity contribution is 6.36. The lowest BCUT2D eigenvalue weighted by molar-refractivity contribution is -0.136. The molecule has 2 N–H and O–H groups in total. The molecule has 1 atom stereocenters. The maximum Gasteiger partial charge on any atom is 0.255 e. The molecule has 5 aliphatic rings. The molecule has 55 heavy (non-hydrogen) atoms. The number of halogens is 1. The number of hydrogen-bond acceptors (Lipinski definition) is 8. The third-order valence-electron chi connectivity index (χ3n) is 12.8. The largest absolute Gasteiger partial charge is 0.372 e. The van der Waals surface area contributed by atoms with E-state index in [9.17, 15) is 19.6 Å². The average molecular weight is 759 g/mol. The zero-order chi connectivity index (χ0) is 37.6. The molecule has 4 aromatic rings. The van der Waals surface area contributed by atoms with Gasteiger partial charge < -0.3 is 24.6 Å². The third-order valence-corrected chi connectivity index (χ3v) is 13.1. The van der Waals surface area contributed by atoms with Gasteiger partial charge >= 0.3 is 0 Å². The lowest BCUT2D eigenvalue weighted by Crippen LogP contribution is -2.52. The number of carbonyl (C=O) groups is 3. The highest BCUT2D eigenvalue weighted by Gasteiger charge is 2.39. The number of piperidine rings is 3. The molecule has 0 radical (unpaired) electrons. The van der Waals surface area contributed by atoms with Crippen LogP contribution in [0.15, 0.2) is 60.8 Å². The van der Waals surface area contributed by atoms with Crippen LogP contribution in [0.2, 0.25) is 5.02 Å². The van der Waals surface area contributed by atoms with Crippen LogP contribution in [0.5, 0.6) is 0 Å². The Kier molecular flexibility index (Phi) is 9.65. The number of piperazine rings is 1. The van der Waals surface area contributed by atoms with Gasteiger partial charge in [0.25, 0.3) is 5.91 Å². The van der Waals surface area contributed by atoms with Crippen LogP contribution >= 0.6 is 11.6 Å². The summed E-state index contributed by atoms with van der Waals surface area (Å²) in [6.07, 6.45) is 6.98. The van der Waals surface area contributed by atoms with Crippen LogP contribution in [0.3, 0.4) is 0 Å². The summed E-state index contributed by atoms with van der Waals surface area (Å²) in [5, 5.41) is 13.4. The topological polar surface area (TPSA) is 119 Å². The molecule has 1 unspecified atom stereocenters. The number of fused-ring (bicyclic) bond motifs is 2. The van der Waals surface area contributed by atoms with Crippen molar-refractivity contribution < 1.29 is 14.4 Å². The Balaban J connectivity index is 0.742. The van der Waals surface area contributed by atoms with Gasteiger partial charge in [0.1, 0.15) is 12.1 Å². The van der Waals surface area contributed by atoms with Crippen molar-refractivity contribution in [2.24, 2.45) is 5.92 Å². The van der Waals surface area contributed by atoms with Crippen LogP contribution in [0.1, 0.15) is 71.5 Å². The van der Waals surface area contributed by atoms with Gasteiger partial charge in [0.05, 0.1) is 21.8 Å². The second-order valence-corrected chi connectivity index (χ2v) is 16.4. The standard InChI is InChI=1S/C43H47ClN8O3/c44-36-6-7-37(41-40(36)32(24-45)25-46-41)51-16-12-29(13-17-51)30-2-1-3-33(22-30)49-14-10-28(11-15-49)26-48-18-20-50(21-19-48)34-4-5-35-31(23-34)27-52(43(35)55)38-8-9-39(53)47-42(38)54/h1-7,22-23,25,28-29,38,46H,8-21,26-27H2,(H,47,53,54). The molecule has 284 valence electrons. The van der Waals surface area contributed by atoms with Crippen molar-refractivity contribution in [2.45, 2.75) is 57.0 Å². The lowest BCUT2D eigenvalue weighted by atomic mass is 9.88. The number of amides is 3.